The number of nitrogens with zero attached hydrogens (tertiary/aromatic N) is 2. The van der Waals surface area contributed by atoms with Gasteiger partial charge >= 0.3 is 0 Å². The highest BCUT2D eigenvalue weighted by molar-refractivity contribution is 6.30. The molecular formula is C26H23ClN2. The number of likely N-dealkylation sites (N-methyl/N-ethyl adjacent to an activating group) is 1. The monoisotopic (exact) mass is 398 g/mol. The summed E-state index contributed by atoms with van der Waals surface area (Å²) < 4.78 is 0. The Labute approximate surface area is 177 Å². The molecule has 1 aliphatic carbocycles. The van der Waals surface area contributed by atoms with Crippen molar-refractivity contribution in [3.8, 4) is 6.07 Å². The van der Waals surface area contributed by atoms with Crippen LogP contribution in [0.3, 0.4) is 0 Å². The van der Waals surface area contributed by atoms with Gasteiger partial charge in [0.2, 0.25) is 0 Å². The fourth-order valence-corrected chi connectivity index (χ4v) is 4.91. The van der Waals surface area contributed by atoms with Gasteiger partial charge in [-0.15, -0.1) is 0 Å². The maximum atomic E-state index is 10.1. The zero-order chi connectivity index (χ0) is 20.7. The van der Waals surface area contributed by atoms with Gasteiger partial charge in [-0.2, -0.15) is 5.26 Å². The topological polar surface area (TPSA) is 27.0 Å². The molecule has 0 N–H and O–H groups in total. The van der Waals surface area contributed by atoms with E-state index in [1.807, 2.05) is 36.4 Å². The Balaban J connectivity index is 1.98. The first-order valence-electron chi connectivity index (χ1n) is 9.72. The number of allylic oxidation sites excluding steroid dienone is 1. The summed E-state index contributed by atoms with van der Waals surface area (Å²) >= 11 is 6.39. The van der Waals surface area contributed by atoms with Crippen LogP contribution in [0, 0.1) is 32.1 Å². The third-order valence-electron chi connectivity index (χ3n) is 5.69. The molecule has 1 unspecified atom stereocenters. The molecule has 0 heterocycles. The molecule has 0 spiro atoms. The Morgan fingerprint density at radius 1 is 0.931 bits per heavy atom. The molecule has 0 amide bonds. The third-order valence-corrected chi connectivity index (χ3v) is 5.93. The van der Waals surface area contributed by atoms with E-state index >= 15 is 0 Å². The second-order valence-electron chi connectivity index (χ2n) is 7.76. The Kier molecular flexibility index (Phi) is 4.94. The van der Waals surface area contributed by atoms with Gasteiger partial charge in [0, 0.05) is 23.3 Å². The Hall–Kier alpha value is -3.02. The molecule has 1 atom stereocenters. The van der Waals surface area contributed by atoms with Crippen LogP contribution in [0.4, 0.5) is 5.69 Å². The van der Waals surface area contributed by atoms with Crippen LogP contribution in [-0.4, -0.2) is 7.05 Å². The van der Waals surface area contributed by atoms with Crippen LogP contribution in [-0.2, 0) is 0 Å². The fourth-order valence-electron chi connectivity index (χ4n) is 4.73. The second-order valence-corrected chi connectivity index (χ2v) is 8.20. The SMILES string of the molecule is Cc1cc(C)c(N(C)C2C(c3ccccc3)=C(C#N)c3ccc(Cl)cc32)c(C)c1. The molecule has 0 saturated carbocycles. The smallest absolute Gasteiger partial charge is 0.100 e. The summed E-state index contributed by atoms with van der Waals surface area (Å²) in [5, 5.41) is 10.8. The van der Waals surface area contributed by atoms with E-state index in [0.29, 0.717) is 5.02 Å². The molecule has 144 valence electrons. The average Bonchev–Trinajstić information content (AvgIpc) is 3.01. The molecule has 0 bridgehead atoms. The number of rotatable bonds is 3. The van der Waals surface area contributed by atoms with Gasteiger partial charge in [-0.1, -0.05) is 65.7 Å². The highest BCUT2D eigenvalue weighted by Gasteiger charge is 2.36. The van der Waals surface area contributed by atoms with Gasteiger partial charge in [-0.3, -0.25) is 0 Å². The van der Waals surface area contributed by atoms with E-state index in [2.05, 4.69) is 63.1 Å². The molecule has 0 aliphatic heterocycles. The predicted molar refractivity (Wildman–Crippen MR) is 122 cm³/mol. The molecule has 0 saturated heterocycles. The van der Waals surface area contributed by atoms with Crippen molar-refractivity contribution >= 4 is 28.4 Å². The van der Waals surface area contributed by atoms with Crippen LogP contribution < -0.4 is 4.90 Å². The van der Waals surface area contributed by atoms with Crippen molar-refractivity contribution in [1.29, 1.82) is 5.26 Å². The lowest BCUT2D eigenvalue weighted by atomic mass is 9.94. The molecule has 0 radical (unpaired) electrons. The molecule has 3 heteroatoms. The third kappa shape index (κ3) is 3.22. The summed E-state index contributed by atoms with van der Waals surface area (Å²) in [6.07, 6.45) is 0. The highest BCUT2D eigenvalue weighted by atomic mass is 35.5. The maximum absolute atomic E-state index is 10.1. The lowest BCUT2D eigenvalue weighted by molar-refractivity contribution is 0.830. The molecular weight excluding hydrogens is 376 g/mol. The first-order valence-corrected chi connectivity index (χ1v) is 10.1. The van der Waals surface area contributed by atoms with Crippen molar-refractivity contribution in [3.63, 3.8) is 0 Å². The number of halogens is 1. The van der Waals surface area contributed by atoms with Crippen LogP contribution in [0.2, 0.25) is 5.02 Å². The van der Waals surface area contributed by atoms with E-state index < -0.39 is 0 Å². The van der Waals surface area contributed by atoms with Crippen LogP contribution in [0.1, 0.15) is 39.4 Å². The normalized spacial score (nSPS) is 15.2. The van der Waals surface area contributed by atoms with Crippen LogP contribution in [0.5, 0.6) is 0 Å². The predicted octanol–water partition coefficient (Wildman–Crippen LogP) is 6.89. The Morgan fingerprint density at radius 2 is 1.59 bits per heavy atom. The summed E-state index contributed by atoms with van der Waals surface area (Å²) in [6.45, 7) is 6.42. The number of anilines is 1. The zero-order valence-corrected chi connectivity index (χ0v) is 17.9. The van der Waals surface area contributed by atoms with E-state index in [9.17, 15) is 5.26 Å². The van der Waals surface area contributed by atoms with E-state index in [4.69, 9.17) is 11.6 Å². The second kappa shape index (κ2) is 7.43. The van der Waals surface area contributed by atoms with Crippen molar-refractivity contribution in [2.45, 2.75) is 26.8 Å². The van der Waals surface area contributed by atoms with Crippen LogP contribution in [0.25, 0.3) is 11.1 Å². The average molecular weight is 399 g/mol. The molecule has 4 rings (SSSR count). The molecule has 3 aromatic rings. The minimum absolute atomic E-state index is 0.0825. The summed E-state index contributed by atoms with van der Waals surface area (Å²) in [7, 11) is 2.11. The molecule has 2 nitrogen and oxygen atoms in total. The van der Waals surface area contributed by atoms with Crippen molar-refractivity contribution in [2.24, 2.45) is 0 Å². The standard InChI is InChI=1S/C26H23ClN2/c1-16-12-17(2)25(18(3)13-16)29(4)26-22-14-20(27)10-11-21(22)23(15-28)24(26)19-8-6-5-7-9-19/h5-14,26H,1-4H3. The lowest BCUT2D eigenvalue weighted by Gasteiger charge is -2.33. The van der Waals surface area contributed by atoms with Gasteiger partial charge in [0.25, 0.3) is 0 Å². The van der Waals surface area contributed by atoms with Crippen molar-refractivity contribution in [2.75, 3.05) is 11.9 Å². The fraction of sp³-hybridized carbons (Fsp3) is 0.192. The van der Waals surface area contributed by atoms with E-state index in [0.717, 1.165) is 27.8 Å². The maximum Gasteiger partial charge on any atom is 0.100 e. The number of aryl methyl sites for hydroxylation is 3. The van der Waals surface area contributed by atoms with Crippen molar-refractivity contribution < 1.29 is 0 Å². The first-order chi connectivity index (χ1) is 13.9. The van der Waals surface area contributed by atoms with Crippen LogP contribution in [0.15, 0.2) is 60.7 Å². The van der Waals surface area contributed by atoms with Gasteiger partial charge in [0.05, 0.1) is 11.6 Å². The van der Waals surface area contributed by atoms with E-state index in [1.165, 1.54) is 22.4 Å². The number of hydrogen-bond acceptors (Lipinski definition) is 2. The van der Waals surface area contributed by atoms with Crippen molar-refractivity contribution in [1.82, 2.24) is 0 Å². The van der Waals surface area contributed by atoms with Crippen LogP contribution >= 0.6 is 11.6 Å². The van der Waals surface area contributed by atoms with Gasteiger partial charge in [0.1, 0.15) is 6.07 Å². The molecule has 1 aliphatic rings. The van der Waals surface area contributed by atoms with Gasteiger partial charge < -0.3 is 4.90 Å². The van der Waals surface area contributed by atoms with Gasteiger partial charge in [0.15, 0.2) is 0 Å². The molecule has 3 aromatic carbocycles. The number of fused-ring (bicyclic) bond motifs is 1. The number of nitriles is 1. The molecule has 0 aromatic heterocycles. The lowest BCUT2D eigenvalue weighted by Crippen LogP contribution is -2.25. The highest BCUT2D eigenvalue weighted by Crippen LogP contribution is 2.50. The van der Waals surface area contributed by atoms with Crippen molar-refractivity contribution in [3.05, 3.63) is 99.1 Å². The van der Waals surface area contributed by atoms with E-state index in [1.54, 1.807) is 0 Å². The number of benzene rings is 3. The Morgan fingerprint density at radius 3 is 2.21 bits per heavy atom. The van der Waals surface area contributed by atoms with Gasteiger partial charge in [-0.05, 0) is 60.7 Å². The molecule has 29 heavy (non-hydrogen) atoms. The molecule has 0 fully saturated rings. The largest absolute Gasteiger partial charge is 0.363 e. The Bertz CT molecular complexity index is 1150. The van der Waals surface area contributed by atoms with Gasteiger partial charge in [-0.25, -0.2) is 0 Å². The quantitative estimate of drug-likeness (QED) is 0.480. The number of hydrogen-bond donors (Lipinski definition) is 0. The summed E-state index contributed by atoms with van der Waals surface area (Å²) in [6, 6.07) is 22.9. The van der Waals surface area contributed by atoms with E-state index in [-0.39, 0.29) is 6.04 Å². The first kappa shape index (κ1) is 19.3. The minimum atomic E-state index is -0.0825. The summed E-state index contributed by atoms with van der Waals surface area (Å²) in [5.41, 5.74) is 9.77. The summed E-state index contributed by atoms with van der Waals surface area (Å²) in [4.78, 5) is 2.30. The summed E-state index contributed by atoms with van der Waals surface area (Å²) in [5.74, 6) is 0. The minimum Gasteiger partial charge on any atom is -0.363 e. The zero-order valence-electron chi connectivity index (χ0n) is 17.1.